The van der Waals surface area contributed by atoms with Crippen molar-refractivity contribution >= 4 is 12.9 Å². The van der Waals surface area contributed by atoms with Crippen molar-refractivity contribution in [2.24, 2.45) is 0 Å². The summed E-state index contributed by atoms with van der Waals surface area (Å²) in [6, 6.07) is 10.8. The molecule has 1 aromatic carbocycles. The van der Waals surface area contributed by atoms with Crippen molar-refractivity contribution in [3.63, 3.8) is 0 Å². The van der Waals surface area contributed by atoms with Crippen molar-refractivity contribution in [2.75, 3.05) is 13.7 Å². The topological polar surface area (TPSA) is 57.7 Å². The van der Waals surface area contributed by atoms with Crippen molar-refractivity contribution in [1.29, 1.82) is 0 Å². The molecule has 0 aliphatic heterocycles. The molecule has 5 nitrogen and oxygen atoms in total. The van der Waals surface area contributed by atoms with E-state index in [9.17, 15) is 4.57 Å². The van der Waals surface area contributed by atoms with Crippen molar-refractivity contribution in [1.82, 2.24) is 4.98 Å². The van der Waals surface area contributed by atoms with Crippen LogP contribution in [0.3, 0.4) is 0 Å². The summed E-state index contributed by atoms with van der Waals surface area (Å²) >= 11 is 0. The molecule has 1 aromatic heterocycles. The molecule has 0 radical (unpaired) electrons. The number of hydrogen-bond donors (Lipinski definition) is 0. The van der Waals surface area contributed by atoms with Crippen LogP contribution >= 0.6 is 7.60 Å². The van der Waals surface area contributed by atoms with Gasteiger partial charge in [0.15, 0.2) is 0 Å². The first-order chi connectivity index (χ1) is 11.6. The standard InChI is InChI=1S/C18H22NO4P/c1-4-8-18(15-9-6-10-16(13-15)21-3)24(20,22-5-2)23-17-11-7-12-19-14-17/h6-14H,4-5H2,1-3H3/b18-8+. The predicted molar refractivity (Wildman–Crippen MR) is 95.4 cm³/mol. The lowest BCUT2D eigenvalue weighted by molar-refractivity contribution is 0.289. The van der Waals surface area contributed by atoms with Gasteiger partial charge in [-0.2, -0.15) is 0 Å². The first-order valence-corrected chi connectivity index (χ1v) is 9.36. The number of pyridine rings is 1. The molecule has 128 valence electrons. The molecule has 1 unspecified atom stereocenters. The Morgan fingerprint density at radius 1 is 1.21 bits per heavy atom. The fraction of sp³-hybridized carbons (Fsp3) is 0.278. The van der Waals surface area contributed by atoms with Gasteiger partial charge in [-0.3, -0.25) is 9.51 Å². The van der Waals surface area contributed by atoms with E-state index < -0.39 is 7.60 Å². The van der Waals surface area contributed by atoms with Crippen LogP contribution in [0.15, 0.2) is 54.9 Å². The SMILES string of the molecule is CC/C=C(\c1cccc(OC)c1)P(=O)(OCC)Oc1cccnc1. The van der Waals surface area contributed by atoms with Gasteiger partial charge in [-0.15, -0.1) is 0 Å². The number of rotatable bonds is 8. The molecular weight excluding hydrogens is 325 g/mol. The molecule has 6 heteroatoms. The molecule has 24 heavy (non-hydrogen) atoms. The van der Waals surface area contributed by atoms with Crippen molar-refractivity contribution < 1.29 is 18.3 Å². The van der Waals surface area contributed by atoms with Crippen LogP contribution in [0.4, 0.5) is 0 Å². The predicted octanol–water partition coefficient (Wildman–Crippen LogP) is 5.15. The highest BCUT2D eigenvalue weighted by atomic mass is 31.2. The lowest BCUT2D eigenvalue weighted by Gasteiger charge is -2.21. The van der Waals surface area contributed by atoms with Crippen molar-refractivity contribution in [3.05, 3.63) is 60.4 Å². The summed E-state index contributed by atoms with van der Waals surface area (Å²) in [5.74, 6) is 1.08. The minimum absolute atomic E-state index is 0.266. The van der Waals surface area contributed by atoms with E-state index in [0.717, 1.165) is 5.56 Å². The van der Waals surface area contributed by atoms with Crippen molar-refractivity contribution in [2.45, 2.75) is 20.3 Å². The highest BCUT2D eigenvalue weighted by molar-refractivity contribution is 7.65. The molecule has 0 bridgehead atoms. The molecule has 0 N–H and O–H groups in total. The van der Waals surface area contributed by atoms with Crippen LogP contribution in [-0.4, -0.2) is 18.7 Å². The number of ether oxygens (including phenoxy) is 1. The third-order valence-corrected chi connectivity index (χ3v) is 5.30. The minimum atomic E-state index is -3.55. The Balaban J connectivity index is 2.47. The number of nitrogens with zero attached hydrogens (tertiary/aromatic N) is 1. The van der Waals surface area contributed by atoms with E-state index >= 15 is 0 Å². The molecule has 2 aromatic rings. The summed E-state index contributed by atoms with van der Waals surface area (Å²) in [6.45, 7) is 4.03. The average Bonchev–Trinajstić information content (AvgIpc) is 2.60. The summed E-state index contributed by atoms with van der Waals surface area (Å²) < 4.78 is 30.1. The second kappa shape index (κ2) is 8.67. The van der Waals surface area contributed by atoms with E-state index in [1.807, 2.05) is 37.3 Å². The Morgan fingerprint density at radius 3 is 2.62 bits per heavy atom. The first kappa shape index (κ1) is 18.2. The Labute approximate surface area is 142 Å². The smallest absolute Gasteiger partial charge is 0.411 e. The zero-order valence-corrected chi connectivity index (χ0v) is 15.0. The Kier molecular flexibility index (Phi) is 6.59. The maximum atomic E-state index is 13.5. The van der Waals surface area contributed by atoms with Crippen LogP contribution in [-0.2, 0) is 9.09 Å². The van der Waals surface area contributed by atoms with Gasteiger partial charge in [0.2, 0.25) is 0 Å². The Hall–Kier alpha value is -2.10. The van der Waals surface area contributed by atoms with Crippen molar-refractivity contribution in [3.8, 4) is 11.5 Å². The second-order valence-corrected chi connectivity index (χ2v) is 6.84. The van der Waals surface area contributed by atoms with Crippen LogP contribution in [0.25, 0.3) is 5.31 Å². The summed E-state index contributed by atoms with van der Waals surface area (Å²) in [5.41, 5.74) is 0.747. The van der Waals surface area contributed by atoms with E-state index in [2.05, 4.69) is 4.98 Å². The molecule has 0 saturated heterocycles. The zero-order chi connectivity index (χ0) is 17.4. The molecule has 0 spiro atoms. The zero-order valence-electron chi connectivity index (χ0n) is 14.1. The summed E-state index contributed by atoms with van der Waals surface area (Å²) in [6.07, 6.45) is 5.70. The third kappa shape index (κ3) is 4.47. The molecular formula is C18H22NO4P. The van der Waals surface area contributed by atoms with Crippen LogP contribution in [0.5, 0.6) is 11.5 Å². The molecule has 0 aliphatic carbocycles. The largest absolute Gasteiger partial charge is 0.497 e. The van der Waals surface area contributed by atoms with Gasteiger partial charge in [0.25, 0.3) is 0 Å². The Morgan fingerprint density at radius 2 is 2.00 bits per heavy atom. The lowest BCUT2D eigenvalue weighted by atomic mass is 10.2. The molecule has 0 saturated carbocycles. The van der Waals surface area contributed by atoms with Crippen LogP contribution < -0.4 is 9.26 Å². The van der Waals surface area contributed by atoms with Crippen LogP contribution in [0.1, 0.15) is 25.8 Å². The molecule has 1 atom stereocenters. The van der Waals surface area contributed by atoms with Gasteiger partial charge in [0, 0.05) is 6.20 Å². The third-order valence-electron chi connectivity index (χ3n) is 3.22. The van der Waals surface area contributed by atoms with Gasteiger partial charge >= 0.3 is 7.60 Å². The van der Waals surface area contributed by atoms with Crippen LogP contribution in [0, 0.1) is 0 Å². The monoisotopic (exact) mass is 347 g/mol. The van der Waals surface area contributed by atoms with Gasteiger partial charge in [0.05, 0.1) is 25.2 Å². The second-order valence-electron chi connectivity index (χ2n) is 4.92. The van der Waals surface area contributed by atoms with E-state index in [0.29, 0.717) is 23.2 Å². The normalized spacial score (nSPS) is 14.0. The van der Waals surface area contributed by atoms with Gasteiger partial charge in [-0.1, -0.05) is 25.1 Å². The maximum Gasteiger partial charge on any atom is 0.411 e. The maximum absolute atomic E-state index is 13.5. The fourth-order valence-corrected chi connectivity index (χ4v) is 4.10. The highest BCUT2D eigenvalue weighted by Gasteiger charge is 2.33. The minimum Gasteiger partial charge on any atom is -0.497 e. The molecule has 2 rings (SSSR count). The molecule has 0 amide bonds. The quantitative estimate of drug-likeness (QED) is 0.618. The fourth-order valence-electron chi connectivity index (χ4n) is 2.22. The van der Waals surface area contributed by atoms with E-state index in [-0.39, 0.29) is 6.61 Å². The molecule has 1 heterocycles. The highest BCUT2D eigenvalue weighted by Crippen LogP contribution is 2.60. The number of methoxy groups -OCH3 is 1. The van der Waals surface area contributed by atoms with E-state index in [1.54, 1.807) is 32.4 Å². The molecule has 0 fully saturated rings. The van der Waals surface area contributed by atoms with Gasteiger partial charge in [-0.05, 0) is 43.2 Å². The van der Waals surface area contributed by atoms with Gasteiger partial charge in [0.1, 0.15) is 11.5 Å². The number of hydrogen-bond acceptors (Lipinski definition) is 5. The number of aromatic nitrogens is 1. The van der Waals surface area contributed by atoms with E-state index in [4.69, 9.17) is 13.8 Å². The van der Waals surface area contributed by atoms with E-state index in [1.165, 1.54) is 6.20 Å². The number of benzene rings is 1. The van der Waals surface area contributed by atoms with Gasteiger partial charge in [-0.25, -0.2) is 4.57 Å². The summed E-state index contributed by atoms with van der Waals surface area (Å²) in [4.78, 5) is 3.99. The number of allylic oxidation sites excluding steroid dienone is 1. The Bertz CT molecular complexity index is 731. The summed E-state index contributed by atoms with van der Waals surface area (Å²) in [5, 5.41) is 0.523. The summed E-state index contributed by atoms with van der Waals surface area (Å²) in [7, 11) is -1.96. The first-order valence-electron chi connectivity index (χ1n) is 7.82. The molecule has 0 aliphatic rings. The lowest BCUT2D eigenvalue weighted by Crippen LogP contribution is -2.02. The van der Waals surface area contributed by atoms with Gasteiger partial charge < -0.3 is 9.26 Å². The average molecular weight is 347 g/mol. The van der Waals surface area contributed by atoms with Crippen LogP contribution in [0.2, 0.25) is 0 Å².